The fraction of sp³-hybridized carbons (Fsp3) is 0.222. The highest BCUT2D eigenvalue weighted by atomic mass is 79.9. The molecule has 124 valence electrons. The normalized spacial score (nSPS) is 11.9. The number of rotatable bonds is 3. The number of aryl methyl sites for hydroxylation is 2. The summed E-state index contributed by atoms with van der Waals surface area (Å²) in [4.78, 5) is 17.3. The van der Waals surface area contributed by atoms with Crippen molar-refractivity contribution in [1.82, 2.24) is 4.57 Å². The molecule has 1 amide bonds. The average Bonchev–Trinajstić information content (AvgIpc) is 2.85. The molecule has 0 unspecified atom stereocenters. The van der Waals surface area contributed by atoms with Crippen molar-refractivity contribution >= 4 is 43.4 Å². The molecule has 4 nitrogen and oxygen atoms in total. The minimum Gasteiger partial charge on any atom is -0.496 e. The summed E-state index contributed by atoms with van der Waals surface area (Å²) in [6.07, 6.45) is 0.278. The van der Waals surface area contributed by atoms with Gasteiger partial charge in [0.1, 0.15) is 5.75 Å². The molecule has 0 saturated heterocycles. The van der Waals surface area contributed by atoms with E-state index in [2.05, 4.69) is 20.9 Å². The number of benzene rings is 2. The molecule has 0 spiro atoms. The molecule has 2 aromatic carbocycles. The van der Waals surface area contributed by atoms with Crippen molar-refractivity contribution in [3.63, 3.8) is 0 Å². The average molecular weight is 405 g/mol. The number of carbonyl (C=O) groups excluding carboxylic acids is 1. The van der Waals surface area contributed by atoms with Gasteiger partial charge in [-0.15, -0.1) is 0 Å². The van der Waals surface area contributed by atoms with Crippen molar-refractivity contribution in [2.45, 2.75) is 13.3 Å². The fourth-order valence-electron chi connectivity index (χ4n) is 2.64. The molecule has 6 heteroatoms. The van der Waals surface area contributed by atoms with Gasteiger partial charge in [-0.1, -0.05) is 29.5 Å². The second-order valence-electron chi connectivity index (χ2n) is 5.52. The number of amides is 1. The van der Waals surface area contributed by atoms with Crippen LogP contribution < -0.4 is 9.54 Å². The molecule has 0 fully saturated rings. The standard InChI is InChI=1S/C18H17BrN2O2S/c1-11-9-12(7-8-14(11)23-3)10-16(22)20-18-21(2)17-13(19)5-4-6-15(17)24-18/h4-9H,10H2,1-3H3. The number of hydrogen-bond acceptors (Lipinski definition) is 3. The van der Waals surface area contributed by atoms with E-state index in [9.17, 15) is 4.79 Å². The lowest BCUT2D eigenvalue weighted by Gasteiger charge is -2.05. The number of thiazole rings is 1. The van der Waals surface area contributed by atoms with E-state index in [1.54, 1.807) is 7.11 Å². The van der Waals surface area contributed by atoms with E-state index in [1.165, 1.54) is 11.3 Å². The highest BCUT2D eigenvalue weighted by molar-refractivity contribution is 9.10. The maximum atomic E-state index is 12.3. The van der Waals surface area contributed by atoms with E-state index in [0.717, 1.165) is 31.6 Å². The van der Waals surface area contributed by atoms with Crippen LogP contribution in [-0.2, 0) is 18.3 Å². The molecular weight excluding hydrogens is 388 g/mol. The first-order valence-corrected chi connectivity index (χ1v) is 9.05. The minimum absolute atomic E-state index is 0.155. The number of hydrogen-bond donors (Lipinski definition) is 0. The van der Waals surface area contributed by atoms with Crippen LogP contribution in [0.25, 0.3) is 10.2 Å². The Kier molecular flexibility index (Phi) is 4.87. The minimum atomic E-state index is -0.155. The van der Waals surface area contributed by atoms with Crippen molar-refractivity contribution in [2.75, 3.05) is 7.11 Å². The number of methoxy groups -OCH3 is 1. The molecule has 0 aliphatic heterocycles. The van der Waals surface area contributed by atoms with Gasteiger partial charge in [0, 0.05) is 11.5 Å². The number of nitrogens with zero attached hydrogens (tertiary/aromatic N) is 2. The van der Waals surface area contributed by atoms with Crippen LogP contribution >= 0.6 is 27.3 Å². The van der Waals surface area contributed by atoms with Gasteiger partial charge in [-0.05, 0) is 52.2 Å². The summed E-state index contributed by atoms with van der Waals surface area (Å²) in [6.45, 7) is 1.97. The lowest BCUT2D eigenvalue weighted by molar-refractivity contribution is -0.117. The Morgan fingerprint density at radius 1 is 1.33 bits per heavy atom. The summed E-state index contributed by atoms with van der Waals surface area (Å²) >= 11 is 5.06. The van der Waals surface area contributed by atoms with Gasteiger partial charge in [0.25, 0.3) is 5.91 Å². The van der Waals surface area contributed by atoms with Crippen LogP contribution in [0.4, 0.5) is 0 Å². The Morgan fingerprint density at radius 3 is 2.79 bits per heavy atom. The SMILES string of the molecule is COc1ccc(CC(=O)N=c2sc3cccc(Br)c3n2C)cc1C. The van der Waals surface area contributed by atoms with E-state index in [0.29, 0.717) is 4.80 Å². The molecular formula is C18H17BrN2O2S. The first-order chi connectivity index (χ1) is 11.5. The summed E-state index contributed by atoms with van der Waals surface area (Å²) in [7, 11) is 3.56. The van der Waals surface area contributed by atoms with Gasteiger partial charge in [0.05, 0.1) is 23.7 Å². The predicted octanol–water partition coefficient (Wildman–Crippen LogP) is 3.99. The third-order valence-electron chi connectivity index (χ3n) is 3.81. The van der Waals surface area contributed by atoms with Crippen molar-refractivity contribution < 1.29 is 9.53 Å². The lowest BCUT2D eigenvalue weighted by Crippen LogP contribution is -2.14. The van der Waals surface area contributed by atoms with Crippen molar-refractivity contribution in [1.29, 1.82) is 0 Å². The van der Waals surface area contributed by atoms with E-state index in [1.807, 2.05) is 54.9 Å². The molecule has 0 aliphatic carbocycles. The van der Waals surface area contributed by atoms with Gasteiger partial charge in [0.2, 0.25) is 0 Å². The maximum absolute atomic E-state index is 12.3. The van der Waals surface area contributed by atoms with Crippen molar-refractivity contribution in [3.05, 3.63) is 56.8 Å². The summed E-state index contributed by atoms with van der Waals surface area (Å²) in [5, 5.41) is 0. The highest BCUT2D eigenvalue weighted by Gasteiger charge is 2.09. The predicted molar refractivity (Wildman–Crippen MR) is 101 cm³/mol. The van der Waals surface area contributed by atoms with Crippen LogP contribution in [0.5, 0.6) is 5.75 Å². The largest absolute Gasteiger partial charge is 0.496 e. The number of para-hydroxylation sites is 1. The summed E-state index contributed by atoms with van der Waals surface area (Å²) in [5.74, 6) is 0.668. The number of halogens is 1. The summed E-state index contributed by atoms with van der Waals surface area (Å²) in [6, 6.07) is 11.7. The zero-order valence-corrected chi connectivity index (χ0v) is 16.1. The maximum Gasteiger partial charge on any atom is 0.252 e. The monoisotopic (exact) mass is 404 g/mol. The quantitative estimate of drug-likeness (QED) is 0.662. The molecule has 0 saturated carbocycles. The van der Waals surface area contributed by atoms with E-state index in [-0.39, 0.29) is 12.3 Å². The van der Waals surface area contributed by atoms with E-state index >= 15 is 0 Å². The Balaban J connectivity index is 1.91. The third-order valence-corrected chi connectivity index (χ3v) is 5.55. The molecule has 0 bridgehead atoms. The molecule has 3 aromatic rings. The second-order valence-corrected chi connectivity index (χ2v) is 7.38. The van der Waals surface area contributed by atoms with Gasteiger partial charge in [0.15, 0.2) is 4.80 Å². The molecule has 0 radical (unpaired) electrons. The van der Waals surface area contributed by atoms with Gasteiger partial charge in [-0.25, -0.2) is 0 Å². The van der Waals surface area contributed by atoms with Crippen LogP contribution in [0.3, 0.4) is 0 Å². The van der Waals surface area contributed by atoms with Crippen LogP contribution in [-0.4, -0.2) is 17.6 Å². The molecule has 24 heavy (non-hydrogen) atoms. The smallest absolute Gasteiger partial charge is 0.252 e. The Morgan fingerprint density at radius 2 is 2.12 bits per heavy atom. The van der Waals surface area contributed by atoms with Gasteiger partial charge in [-0.3, -0.25) is 4.79 Å². The van der Waals surface area contributed by atoms with Crippen LogP contribution in [0.15, 0.2) is 45.9 Å². The fourth-order valence-corrected chi connectivity index (χ4v) is 4.46. The zero-order chi connectivity index (χ0) is 17.3. The highest BCUT2D eigenvalue weighted by Crippen LogP contribution is 2.25. The first-order valence-electron chi connectivity index (χ1n) is 7.44. The van der Waals surface area contributed by atoms with E-state index < -0.39 is 0 Å². The molecule has 3 rings (SSSR count). The summed E-state index contributed by atoms with van der Waals surface area (Å²) < 4.78 is 9.29. The molecule has 1 aromatic heterocycles. The number of aromatic nitrogens is 1. The van der Waals surface area contributed by atoms with Gasteiger partial charge >= 0.3 is 0 Å². The third kappa shape index (κ3) is 3.30. The Hall–Kier alpha value is -1.92. The van der Waals surface area contributed by atoms with E-state index in [4.69, 9.17) is 4.74 Å². The number of carbonyl (C=O) groups is 1. The lowest BCUT2D eigenvalue weighted by atomic mass is 10.1. The molecule has 1 heterocycles. The number of fused-ring (bicyclic) bond motifs is 1. The Labute approximate surface area is 152 Å². The molecule has 0 atom stereocenters. The van der Waals surface area contributed by atoms with Gasteiger partial charge < -0.3 is 9.30 Å². The van der Waals surface area contributed by atoms with Gasteiger partial charge in [-0.2, -0.15) is 4.99 Å². The van der Waals surface area contributed by atoms with Crippen LogP contribution in [0.2, 0.25) is 0 Å². The molecule has 0 aliphatic rings. The molecule has 0 N–H and O–H groups in total. The summed E-state index contributed by atoms with van der Waals surface area (Å²) in [5.41, 5.74) is 3.00. The number of ether oxygens (including phenoxy) is 1. The Bertz CT molecular complexity index is 988. The van der Waals surface area contributed by atoms with Crippen molar-refractivity contribution in [3.8, 4) is 5.75 Å². The zero-order valence-electron chi connectivity index (χ0n) is 13.7. The first kappa shape index (κ1) is 16.9. The van der Waals surface area contributed by atoms with Crippen LogP contribution in [0.1, 0.15) is 11.1 Å². The van der Waals surface area contributed by atoms with Crippen LogP contribution in [0, 0.1) is 6.92 Å². The van der Waals surface area contributed by atoms with Crippen molar-refractivity contribution in [2.24, 2.45) is 12.0 Å². The second kappa shape index (κ2) is 6.91. The topological polar surface area (TPSA) is 43.6 Å².